The molecule has 1 aliphatic rings. The molecule has 2 aromatic carbocycles. The molecule has 6 heteroatoms. The highest BCUT2D eigenvalue weighted by Crippen LogP contribution is 2.31. The summed E-state index contributed by atoms with van der Waals surface area (Å²) in [7, 11) is 0. The lowest BCUT2D eigenvalue weighted by atomic mass is 10.0. The Hall–Kier alpha value is -2.66. The second-order valence-electron chi connectivity index (χ2n) is 7.61. The molecule has 28 heavy (non-hydrogen) atoms. The van der Waals surface area contributed by atoms with E-state index in [9.17, 15) is 9.59 Å². The molecule has 0 bridgehead atoms. The second kappa shape index (κ2) is 7.40. The van der Waals surface area contributed by atoms with E-state index < -0.39 is 0 Å². The lowest BCUT2D eigenvalue weighted by molar-refractivity contribution is 0.0979. The SMILES string of the molecule is CC(C)Cn1nc(C(=O)N2CCCc3cc(Cl)ccc32)c2ccccc2c1=O. The third-order valence-corrected chi connectivity index (χ3v) is 5.25. The molecule has 4 rings (SSSR count). The number of hydrogen-bond acceptors (Lipinski definition) is 3. The van der Waals surface area contributed by atoms with Crippen LogP contribution in [0.3, 0.4) is 0 Å². The highest BCUT2D eigenvalue weighted by molar-refractivity contribution is 6.30. The Labute approximate surface area is 168 Å². The van der Waals surface area contributed by atoms with Gasteiger partial charge in [-0.25, -0.2) is 4.68 Å². The zero-order chi connectivity index (χ0) is 19.8. The zero-order valence-corrected chi connectivity index (χ0v) is 16.7. The number of aryl methyl sites for hydroxylation is 1. The average molecular weight is 396 g/mol. The van der Waals surface area contributed by atoms with Gasteiger partial charge in [0, 0.05) is 29.2 Å². The van der Waals surface area contributed by atoms with Crippen molar-refractivity contribution < 1.29 is 4.79 Å². The van der Waals surface area contributed by atoms with Crippen molar-refractivity contribution >= 4 is 34.0 Å². The van der Waals surface area contributed by atoms with E-state index >= 15 is 0 Å². The molecule has 0 saturated carbocycles. The molecule has 5 nitrogen and oxygen atoms in total. The number of fused-ring (bicyclic) bond motifs is 2. The summed E-state index contributed by atoms with van der Waals surface area (Å²) in [6, 6.07) is 12.8. The first-order chi connectivity index (χ1) is 13.5. The van der Waals surface area contributed by atoms with Gasteiger partial charge in [-0.3, -0.25) is 9.59 Å². The van der Waals surface area contributed by atoms with Crippen LogP contribution in [-0.4, -0.2) is 22.2 Å². The standard InChI is InChI=1S/C22H22ClN3O2/c1-14(2)13-26-21(27)18-8-4-3-7-17(18)20(24-26)22(28)25-11-5-6-15-12-16(23)9-10-19(15)25/h3-4,7-10,12,14H,5-6,11,13H2,1-2H3. The molecule has 0 atom stereocenters. The lowest BCUT2D eigenvalue weighted by Gasteiger charge is -2.29. The summed E-state index contributed by atoms with van der Waals surface area (Å²) in [6.45, 7) is 5.13. The Morgan fingerprint density at radius 1 is 1.18 bits per heavy atom. The van der Waals surface area contributed by atoms with Gasteiger partial charge < -0.3 is 4.90 Å². The summed E-state index contributed by atoms with van der Waals surface area (Å²) in [5.41, 5.74) is 2.09. The first-order valence-corrected chi connectivity index (χ1v) is 9.93. The normalized spacial score (nSPS) is 13.8. The fraction of sp³-hybridized carbons (Fsp3) is 0.318. The highest BCUT2D eigenvalue weighted by atomic mass is 35.5. The summed E-state index contributed by atoms with van der Waals surface area (Å²) < 4.78 is 1.42. The van der Waals surface area contributed by atoms with Crippen LogP contribution in [0.1, 0.15) is 36.3 Å². The molecular formula is C22H22ClN3O2. The number of anilines is 1. The second-order valence-corrected chi connectivity index (χ2v) is 8.05. The Kier molecular flexibility index (Phi) is 4.94. The van der Waals surface area contributed by atoms with Crippen molar-refractivity contribution in [3.63, 3.8) is 0 Å². The van der Waals surface area contributed by atoms with Crippen LogP contribution < -0.4 is 10.5 Å². The number of aromatic nitrogens is 2. The lowest BCUT2D eigenvalue weighted by Crippen LogP contribution is -2.38. The Balaban J connectivity index is 1.87. The molecule has 2 heterocycles. The minimum absolute atomic E-state index is 0.160. The monoisotopic (exact) mass is 395 g/mol. The first-order valence-electron chi connectivity index (χ1n) is 9.56. The summed E-state index contributed by atoms with van der Waals surface area (Å²) in [4.78, 5) is 28.1. The van der Waals surface area contributed by atoms with E-state index in [1.807, 2.05) is 38.1 Å². The number of carbonyl (C=O) groups is 1. The Morgan fingerprint density at radius 2 is 1.93 bits per heavy atom. The van der Waals surface area contributed by atoms with Crippen LogP contribution in [0.15, 0.2) is 47.3 Å². The third-order valence-electron chi connectivity index (χ3n) is 5.01. The Bertz CT molecular complexity index is 1120. The average Bonchev–Trinajstić information content (AvgIpc) is 2.68. The van der Waals surface area contributed by atoms with Gasteiger partial charge in [-0.2, -0.15) is 5.10 Å². The highest BCUT2D eigenvalue weighted by Gasteiger charge is 2.27. The minimum atomic E-state index is -0.183. The maximum absolute atomic E-state index is 13.5. The van der Waals surface area contributed by atoms with Crippen LogP contribution >= 0.6 is 11.6 Å². The van der Waals surface area contributed by atoms with E-state index in [4.69, 9.17) is 11.6 Å². The molecule has 0 N–H and O–H groups in total. The van der Waals surface area contributed by atoms with Crippen LogP contribution in [0.4, 0.5) is 5.69 Å². The molecule has 0 aliphatic carbocycles. The molecule has 144 valence electrons. The van der Waals surface area contributed by atoms with Gasteiger partial charge in [-0.1, -0.05) is 43.6 Å². The van der Waals surface area contributed by atoms with Gasteiger partial charge in [0.05, 0.1) is 5.39 Å². The predicted octanol–water partition coefficient (Wildman–Crippen LogP) is 4.30. The van der Waals surface area contributed by atoms with E-state index in [0.717, 1.165) is 24.1 Å². The quantitative estimate of drug-likeness (QED) is 0.664. The fourth-order valence-electron chi connectivity index (χ4n) is 3.77. The molecule has 0 radical (unpaired) electrons. The van der Waals surface area contributed by atoms with Crippen LogP contribution in [0, 0.1) is 5.92 Å². The first kappa shape index (κ1) is 18.7. The van der Waals surface area contributed by atoms with Crippen molar-refractivity contribution in [2.45, 2.75) is 33.2 Å². The van der Waals surface area contributed by atoms with Crippen LogP contribution in [-0.2, 0) is 13.0 Å². The molecule has 3 aromatic rings. The van der Waals surface area contributed by atoms with Crippen LogP contribution in [0.2, 0.25) is 5.02 Å². The molecule has 0 spiro atoms. The van der Waals surface area contributed by atoms with Crippen molar-refractivity contribution in [1.82, 2.24) is 9.78 Å². The topological polar surface area (TPSA) is 55.2 Å². The van der Waals surface area contributed by atoms with Gasteiger partial charge in [0.2, 0.25) is 0 Å². The Morgan fingerprint density at radius 3 is 2.68 bits per heavy atom. The summed E-state index contributed by atoms with van der Waals surface area (Å²) in [6.07, 6.45) is 1.75. The van der Waals surface area contributed by atoms with E-state index in [2.05, 4.69) is 5.10 Å². The molecule has 1 amide bonds. The molecular weight excluding hydrogens is 374 g/mol. The van der Waals surface area contributed by atoms with Crippen molar-refractivity contribution in [2.75, 3.05) is 11.4 Å². The maximum Gasteiger partial charge on any atom is 0.279 e. The van der Waals surface area contributed by atoms with Gasteiger partial charge in [0.25, 0.3) is 11.5 Å². The van der Waals surface area contributed by atoms with Crippen molar-refractivity contribution in [2.24, 2.45) is 5.92 Å². The molecule has 0 fully saturated rings. The van der Waals surface area contributed by atoms with E-state index in [0.29, 0.717) is 34.6 Å². The molecule has 1 aliphatic heterocycles. The summed E-state index contributed by atoms with van der Waals surface area (Å²) >= 11 is 6.13. The van der Waals surface area contributed by atoms with Crippen LogP contribution in [0.25, 0.3) is 10.8 Å². The number of hydrogen-bond donors (Lipinski definition) is 0. The van der Waals surface area contributed by atoms with Crippen molar-refractivity contribution in [1.29, 1.82) is 0 Å². The molecule has 0 saturated heterocycles. The number of halogens is 1. The molecule has 1 aromatic heterocycles. The maximum atomic E-state index is 13.5. The number of nitrogens with zero attached hydrogens (tertiary/aromatic N) is 3. The third kappa shape index (κ3) is 3.31. The molecule has 0 unspecified atom stereocenters. The van der Waals surface area contributed by atoms with E-state index in [-0.39, 0.29) is 17.4 Å². The summed E-state index contributed by atoms with van der Waals surface area (Å²) in [5.74, 6) is 0.0594. The number of carbonyl (C=O) groups excluding carboxylic acids is 1. The van der Waals surface area contributed by atoms with Crippen molar-refractivity contribution in [3.05, 3.63) is 69.1 Å². The van der Waals surface area contributed by atoms with Gasteiger partial charge in [0.15, 0.2) is 5.69 Å². The zero-order valence-electron chi connectivity index (χ0n) is 16.0. The minimum Gasteiger partial charge on any atom is -0.307 e. The fourth-order valence-corrected chi connectivity index (χ4v) is 3.96. The predicted molar refractivity (Wildman–Crippen MR) is 112 cm³/mol. The van der Waals surface area contributed by atoms with E-state index in [1.54, 1.807) is 23.1 Å². The van der Waals surface area contributed by atoms with Crippen molar-refractivity contribution in [3.8, 4) is 0 Å². The van der Waals surface area contributed by atoms with Gasteiger partial charge in [0.1, 0.15) is 0 Å². The number of amides is 1. The van der Waals surface area contributed by atoms with Gasteiger partial charge in [-0.15, -0.1) is 0 Å². The number of benzene rings is 2. The number of rotatable bonds is 3. The van der Waals surface area contributed by atoms with Crippen LogP contribution in [0.5, 0.6) is 0 Å². The largest absolute Gasteiger partial charge is 0.307 e. The smallest absolute Gasteiger partial charge is 0.279 e. The van der Waals surface area contributed by atoms with Gasteiger partial charge in [-0.05, 0) is 48.6 Å². The van der Waals surface area contributed by atoms with Gasteiger partial charge >= 0.3 is 0 Å². The van der Waals surface area contributed by atoms with E-state index in [1.165, 1.54) is 4.68 Å². The summed E-state index contributed by atoms with van der Waals surface area (Å²) in [5, 5.41) is 6.28.